The van der Waals surface area contributed by atoms with Crippen LogP contribution in [0.4, 0.5) is 4.39 Å². The third kappa shape index (κ3) is 3.76. The molecule has 1 heterocycles. The predicted octanol–water partition coefficient (Wildman–Crippen LogP) is 1.29. The van der Waals surface area contributed by atoms with Crippen molar-refractivity contribution >= 4 is 5.91 Å². The average molecular weight is 290 g/mol. The molecule has 1 aromatic carbocycles. The highest BCUT2D eigenvalue weighted by molar-refractivity contribution is 5.93. The van der Waals surface area contributed by atoms with Crippen LogP contribution in [0.15, 0.2) is 41.2 Å². The van der Waals surface area contributed by atoms with Crippen LogP contribution in [0.25, 0.3) is 0 Å². The van der Waals surface area contributed by atoms with Crippen molar-refractivity contribution in [3.8, 4) is 0 Å². The summed E-state index contributed by atoms with van der Waals surface area (Å²) in [5.74, 6) is -1.06. The largest absolute Gasteiger partial charge is 0.387 e. The summed E-state index contributed by atoms with van der Waals surface area (Å²) in [6.07, 6.45) is -1.05. The quantitative estimate of drug-likeness (QED) is 0.793. The van der Waals surface area contributed by atoms with Crippen molar-refractivity contribution in [1.29, 1.82) is 0 Å². The topological polar surface area (TPSA) is 82.2 Å². The van der Waals surface area contributed by atoms with Gasteiger partial charge >= 0.3 is 0 Å². The fourth-order valence-corrected chi connectivity index (χ4v) is 1.87. The van der Waals surface area contributed by atoms with Crippen LogP contribution in [0.2, 0.25) is 0 Å². The van der Waals surface area contributed by atoms with Crippen molar-refractivity contribution in [1.82, 2.24) is 10.3 Å². The van der Waals surface area contributed by atoms with Crippen molar-refractivity contribution in [3.63, 3.8) is 0 Å². The molecule has 0 aliphatic carbocycles. The van der Waals surface area contributed by atoms with Crippen molar-refractivity contribution in [2.24, 2.45) is 0 Å². The molecule has 0 aliphatic rings. The summed E-state index contributed by atoms with van der Waals surface area (Å²) in [5.41, 5.74) is 0.476. The van der Waals surface area contributed by atoms with Gasteiger partial charge in [0.05, 0.1) is 6.10 Å². The maximum Gasteiger partial charge on any atom is 0.260 e. The third-order valence-corrected chi connectivity index (χ3v) is 2.99. The van der Waals surface area contributed by atoms with Gasteiger partial charge < -0.3 is 15.4 Å². The second-order valence-corrected chi connectivity index (χ2v) is 4.66. The number of aromatic amines is 1. The first-order valence-electron chi connectivity index (χ1n) is 6.39. The van der Waals surface area contributed by atoms with Crippen molar-refractivity contribution in [2.45, 2.75) is 13.0 Å². The molecule has 2 aromatic rings. The molecular weight excluding hydrogens is 275 g/mol. The second kappa shape index (κ2) is 6.32. The Bertz CT molecular complexity index is 712. The Hall–Kier alpha value is -2.47. The highest BCUT2D eigenvalue weighted by atomic mass is 19.1. The van der Waals surface area contributed by atoms with Crippen LogP contribution < -0.4 is 10.9 Å². The Balaban J connectivity index is 2.02. The maximum atomic E-state index is 13.0. The normalized spacial score (nSPS) is 12.0. The minimum Gasteiger partial charge on any atom is -0.387 e. The molecule has 21 heavy (non-hydrogen) atoms. The SMILES string of the molecule is Cc1ccc(C(=O)NC[C@H](O)c2cccc(F)c2)c(=O)[nH]1. The lowest BCUT2D eigenvalue weighted by Gasteiger charge is -2.12. The monoisotopic (exact) mass is 290 g/mol. The number of rotatable bonds is 4. The van der Waals surface area contributed by atoms with Crippen LogP contribution in [0.1, 0.15) is 27.7 Å². The molecule has 0 radical (unpaired) electrons. The first kappa shape index (κ1) is 14.9. The number of aryl methyl sites for hydroxylation is 1. The standard InChI is InChI=1S/C15H15FN2O3/c1-9-5-6-12(15(21)18-9)14(20)17-8-13(19)10-3-2-4-11(16)7-10/h2-7,13,19H,8H2,1H3,(H,17,20)(H,18,21)/t13-/m0/s1. The molecule has 1 aromatic heterocycles. The molecule has 3 N–H and O–H groups in total. The van der Waals surface area contributed by atoms with E-state index in [4.69, 9.17) is 0 Å². The zero-order valence-corrected chi connectivity index (χ0v) is 11.4. The fraction of sp³-hybridized carbons (Fsp3) is 0.200. The Labute approximate surface area is 120 Å². The second-order valence-electron chi connectivity index (χ2n) is 4.66. The van der Waals surface area contributed by atoms with Crippen molar-refractivity contribution in [3.05, 3.63) is 69.4 Å². The number of aliphatic hydroxyl groups excluding tert-OH is 1. The van der Waals surface area contributed by atoms with Crippen LogP contribution in [0.3, 0.4) is 0 Å². The number of H-pyrrole nitrogens is 1. The molecule has 5 nitrogen and oxygen atoms in total. The van der Waals surface area contributed by atoms with E-state index in [0.29, 0.717) is 11.3 Å². The molecule has 0 fully saturated rings. The van der Waals surface area contributed by atoms with Crippen molar-refractivity contribution in [2.75, 3.05) is 6.54 Å². The van der Waals surface area contributed by atoms with E-state index >= 15 is 0 Å². The minimum atomic E-state index is -1.05. The van der Waals surface area contributed by atoms with Gasteiger partial charge in [-0.3, -0.25) is 9.59 Å². The van der Waals surface area contributed by atoms with E-state index in [1.165, 1.54) is 24.3 Å². The van der Waals surface area contributed by atoms with Gasteiger partial charge in [0.25, 0.3) is 11.5 Å². The molecule has 1 amide bonds. The van der Waals surface area contributed by atoms with Crippen LogP contribution in [-0.2, 0) is 0 Å². The number of carbonyl (C=O) groups is 1. The molecule has 0 bridgehead atoms. The van der Waals surface area contributed by atoms with Gasteiger partial charge in [0.2, 0.25) is 0 Å². The van der Waals surface area contributed by atoms with Crippen molar-refractivity contribution < 1.29 is 14.3 Å². The highest BCUT2D eigenvalue weighted by Gasteiger charge is 2.13. The summed E-state index contributed by atoms with van der Waals surface area (Å²) < 4.78 is 13.0. The van der Waals surface area contributed by atoms with Gasteiger partial charge in [0.1, 0.15) is 11.4 Å². The molecule has 0 saturated carbocycles. The number of amides is 1. The lowest BCUT2D eigenvalue weighted by Crippen LogP contribution is -2.32. The highest BCUT2D eigenvalue weighted by Crippen LogP contribution is 2.13. The number of aliphatic hydroxyl groups is 1. The lowest BCUT2D eigenvalue weighted by atomic mass is 10.1. The predicted molar refractivity (Wildman–Crippen MR) is 75.5 cm³/mol. The molecule has 0 unspecified atom stereocenters. The van der Waals surface area contributed by atoms with E-state index in [1.54, 1.807) is 19.1 Å². The summed E-state index contributed by atoms with van der Waals surface area (Å²) in [4.78, 5) is 26.0. The number of pyridine rings is 1. The van der Waals surface area contributed by atoms with Gasteiger partial charge in [0, 0.05) is 12.2 Å². The van der Waals surface area contributed by atoms with Gasteiger partial charge in [-0.15, -0.1) is 0 Å². The summed E-state index contributed by atoms with van der Waals surface area (Å²) in [5, 5.41) is 12.3. The van der Waals surface area contributed by atoms with Crippen LogP contribution >= 0.6 is 0 Å². The molecular formula is C15H15FN2O3. The summed E-state index contributed by atoms with van der Waals surface area (Å²) in [6.45, 7) is 1.59. The molecule has 110 valence electrons. The first-order chi connectivity index (χ1) is 9.97. The zero-order chi connectivity index (χ0) is 15.4. The van der Waals surface area contributed by atoms with Gasteiger partial charge in [-0.25, -0.2) is 4.39 Å². The van der Waals surface area contributed by atoms with E-state index in [-0.39, 0.29) is 12.1 Å². The van der Waals surface area contributed by atoms with E-state index in [0.717, 1.165) is 0 Å². The third-order valence-electron chi connectivity index (χ3n) is 2.99. The number of nitrogens with one attached hydrogen (secondary N) is 2. The van der Waals surface area contributed by atoms with E-state index in [2.05, 4.69) is 10.3 Å². The number of halogens is 1. The summed E-state index contributed by atoms with van der Waals surface area (Å²) in [7, 11) is 0. The Morgan fingerprint density at radius 2 is 2.14 bits per heavy atom. The van der Waals surface area contributed by atoms with Crippen LogP contribution in [0.5, 0.6) is 0 Å². The number of carbonyl (C=O) groups excluding carboxylic acids is 1. The zero-order valence-electron chi connectivity index (χ0n) is 11.4. The number of aromatic nitrogens is 1. The van der Waals surface area contributed by atoms with Gasteiger partial charge in [-0.05, 0) is 36.8 Å². The molecule has 2 rings (SSSR count). The van der Waals surface area contributed by atoms with Gasteiger partial charge in [-0.1, -0.05) is 12.1 Å². The smallest absolute Gasteiger partial charge is 0.260 e. The maximum absolute atomic E-state index is 13.0. The molecule has 0 aliphatic heterocycles. The Morgan fingerprint density at radius 3 is 2.81 bits per heavy atom. The van der Waals surface area contributed by atoms with Gasteiger partial charge in [0.15, 0.2) is 0 Å². The molecule has 0 spiro atoms. The number of benzene rings is 1. The lowest BCUT2D eigenvalue weighted by molar-refractivity contribution is 0.0914. The summed E-state index contributed by atoms with van der Waals surface area (Å²) >= 11 is 0. The Morgan fingerprint density at radius 1 is 1.38 bits per heavy atom. The van der Waals surface area contributed by atoms with E-state index in [1.807, 2.05) is 0 Å². The van der Waals surface area contributed by atoms with Gasteiger partial charge in [-0.2, -0.15) is 0 Å². The molecule has 1 atom stereocenters. The number of hydrogen-bond acceptors (Lipinski definition) is 3. The number of hydrogen-bond donors (Lipinski definition) is 3. The minimum absolute atomic E-state index is 0.0351. The van der Waals surface area contributed by atoms with E-state index in [9.17, 15) is 19.1 Å². The fourth-order valence-electron chi connectivity index (χ4n) is 1.87. The van der Waals surface area contributed by atoms with Crippen LogP contribution in [-0.4, -0.2) is 22.5 Å². The first-order valence-corrected chi connectivity index (χ1v) is 6.39. The molecule has 6 heteroatoms. The Kier molecular flexibility index (Phi) is 4.49. The van der Waals surface area contributed by atoms with E-state index < -0.39 is 23.4 Å². The summed E-state index contributed by atoms with van der Waals surface area (Å²) in [6, 6.07) is 8.51. The van der Waals surface area contributed by atoms with Crippen LogP contribution in [0, 0.1) is 12.7 Å². The average Bonchev–Trinajstić information content (AvgIpc) is 2.44. The molecule has 0 saturated heterocycles.